The summed E-state index contributed by atoms with van der Waals surface area (Å²) in [5.41, 5.74) is 1.87. The van der Waals surface area contributed by atoms with Crippen LogP contribution in [0.3, 0.4) is 0 Å². The summed E-state index contributed by atoms with van der Waals surface area (Å²) in [5, 5.41) is 2.84. The number of nitrogens with zero attached hydrogens (tertiary/aromatic N) is 1. The molecule has 0 aliphatic carbocycles. The zero-order chi connectivity index (χ0) is 18.4. The highest BCUT2D eigenvalue weighted by molar-refractivity contribution is 9.10. The van der Waals surface area contributed by atoms with E-state index in [2.05, 4.69) is 21.2 Å². The van der Waals surface area contributed by atoms with E-state index in [4.69, 9.17) is 0 Å². The number of hydrogen-bond acceptors (Lipinski definition) is 2. The maximum absolute atomic E-state index is 12.9. The number of nitrogens with one attached hydrogen (secondary N) is 1. The normalized spacial score (nSPS) is 10.2. The van der Waals surface area contributed by atoms with E-state index >= 15 is 0 Å². The summed E-state index contributed by atoms with van der Waals surface area (Å²) in [6, 6.07) is 25.5. The molecule has 0 radical (unpaired) electrons. The molecule has 1 N–H and O–H groups in total. The first-order valence-electron chi connectivity index (χ1n) is 8.11. The lowest BCUT2D eigenvalue weighted by Gasteiger charge is -2.22. The molecule has 0 atom stereocenters. The van der Waals surface area contributed by atoms with Gasteiger partial charge in [0.25, 0.3) is 5.91 Å². The van der Waals surface area contributed by atoms with Crippen LogP contribution in [0, 0.1) is 0 Å². The molecule has 0 bridgehead atoms. The Kier molecular flexibility index (Phi) is 5.81. The lowest BCUT2D eigenvalue weighted by Crippen LogP contribution is -2.38. The van der Waals surface area contributed by atoms with Crippen LogP contribution in [0.1, 0.15) is 10.4 Å². The Morgan fingerprint density at radius 1 is 0.808 bits per heavy atom. The van der Waals surface area contributed by atoms with Crippen molar-refractivity contribution in [3.63, 3.8) is 0 Å². The molecule has 4 nitrogen and oxygen atoms in total. The molecular weight excluding hydrogens is 392 g/mol. The molecule has 26 heavy (non-hydrogen) atoms. The number of carbonyl (C=O) groups is 2. The van der Waals surface area contributed by atoms with Crippen molar-refractivity contribution in [2.45, 2.75) is 0 Å². The smallest absolute Gasteiger partial charge is 0.258 e. The van der Waals surface area contributed by atoms with E-state index in [1.165, 1.54) is 4.90 Å². The maximum Gasteiger partial charge on any atom is 0.258 e. The second-order valence-electron chi connectivity index (χ2n) is 5.62. The van der Waals surface area contributed by atoms with E-state index < -0.39 is 0 Å². The highest BCUT2D eigenvalue weighted by atomic mass is 79.9. The van der Waals surface area contributed by atoms with Crippen molar-refractivity contribution in [3.05, 3.63) is 95.0 Å². The molecule has 0 heterocycles. The Morgan fingerprint density at radius 2 is 1.38 bits per heavy atom. The largest absolute Gasteiger partial charge is 0.324 e. The molecule has 0 aliphatic rings. The molecule has 3 aromatic rings. The first-order chi connectivity index (χ1) is 12.6. The van der Waals surface area contributed by atoms with Crippen LogP contribution in [-0.2, 0) is 4.79 Å². The zero-order valence-corrected chi connectivity index (χ0v) is 15.5. The summed E-state index contributed by atoms with van der Waals surface area (Å²) < 4.78 is 0.786. The minimum atomic E-state index is -0.273. The van der Waals surface area contributed by atoms with Crippen molar-refractivity contribution in [3.8, 4) is 0 Å². The number of anilines is 2. The van der Waals surface area contributed by atoms with Crippen molar-refractivity contribution < 1.29 is 9.59 Å². The van der Waals surface area contributed by atoms with Crippen molar-refractivity contribution in [1.82, 2.24) is 0 Å². The van der Waals surface area contributed by atoms with Crippen molar-refractivity contribution in [2.24, 2.45) is 0 Å². The third kappa shape index (κ3) is 4.37. The highest BCUT2D eigenvalue weighted by Crippen LogP contribution is 2.22. The second-order valence-corrected chi connectivity index (χ2v) is 6.48. The topological polar surface area (TPSA) is 49.4 Å². The van der Waals surface area contributed by atoms with Gasteiger partial charge in [-0.2, -0.15) is 0 Å². The highest BCUT2D eigenvalue weighted by Gasteiger charge is 2.20. The van der Waals surface area contributed by atoms with E-state index in [0.717, 1.165) is 4.47 Å². The minimum Gasteiger partial charge on any atom is -0.324 e. The Bertz CT molecular complexity index is 898. The Balaban J connectivity index is 1.83. The molecule has 0 saturated heterocycles. The van der Waals surface area contributed by atoms with Crippen LogP contribution in [0.2, 0.25) is 0 Å². The van der Waals surface area contributed by atoms with Crippen LogP contribution in [0.25, 0.3) is 0 Å². The van der Waals surface area contributed by atoms with Gasteiger partial charge in [-0.05, 0) is 52.3 Å². The number of rotatable bonds is 5. The summed E-state index contributed by atoms with van der Waals surface area (Å²) in [5.74, 6) is -0.496. The Morgan fingerprint density at radius 3 is 2.04 bits per heavy atom. The third-order valence-electron chi connectivity index (χ3n) is 3.78. The minimum absolute atomic E-state index is 0.0843. The SMILES string of the molecule is O=C(CN(C(=O)c1ccccc1)c1ccccc1)Nc1ccccc1Br. The molecular formula is C21H17BrN2O2. The van der Waals surface area contributed by atoms with Crippen LogP contribution in [0.5, 0.6) is 0 Å². The molecule has 0 unspecified atom stereocenters. The molecule has 0 aromatic heterocycles. The fourth-order valence-corrected chi connectivity index (χ4v) is 2.90. The van der Waals surface area contributed by atoms with Gasteiger partial charge in [-0.3, -0.25) is 14.5 Å². The number of halogens is 1. The molecule has 0 fully saturated rings. The average Bonchev–Trinajstić information content (AvgIpc) is 2.69. The van der Waals surface area contributed by atoms with Crippen LogP contribution in [0.15, 0.2) is 89.4 Å². The lowest BCUT2D eigenvalue weighted by molar-refractivity contribution is -0.114. The van der Waals surface area contributed by atoms with E-state index in [1.54, 1.807) is 30.3 Å². The van der Waals surface area contributed by atoms with Gasteiger partial charge in [-0.15, -0.1) is 0 Å². The van der Waals surface area contributed by atoms with Gasteiger partial charge in [0.1, 0.15) is 6.54 Å². The van der Waals surface area contributed by atoms with E-state index in [1.807, 2.05) is 54.6 Å². The third-order valence-corrected chi connectivity index (χ3v) is 4.47. The molecule has 0 aliphatic heterocycles. The maximum atomic E-state index is 12.9. The van der Waals surface area contributed by atoms with E-state index in [9.17, 15) is 9.59 Å². The quantitative estimate of drug-likeness (QED) is 0.662. The van der Waals surface area contributed by atoms with Crippen molar-refractivity contribution in [1.29, 1.82) is 0 Å². The van der Waals surface area contributed by atoms with Crippen LogP contribution >= 0.6 is 15.9 Å². The van der Waals surface area contributed by atoms with Gasteiger partial charge in [-0.25, -0.2) is 0 Å². The molecule has 5 heteroatoms. The number of amides is 2. The van der Waals surface area contributed by atoms with E-state index in [-0.39, 0.29) is 18.4 Å². The van der Waals surface area contributed by atoms with Gasteiger partial charge in [-0.1, -0.05) is 48.5 Å². The van der Waals surface area contributed by atoms with Crippen molar-refractivity contribution in [2.75, 3.05) is 16.8 Å². The summed E-state index contributed by atoms with van der Waals surface area (Å²) in [7, 11) is 0. The van der Waals surface area contributed by atoms with Gasteiger partial charge in [0, 0.05) is 15.7 Å². The molecule has 130 valence electrons. The predicted octanol–water partition coefficient (Wildman–Crippen LogP) is 4.73. The summed E-state index contributed by atoms with van der Waals surface area (Å²) in [4.78, 5) is 27.0. The molecule has 0 saturated carbocycles. The number of carbonyl (C=O) groups excluding carboxylic acids is 2. The molecule has 3 aromatic carbocycles. The average molecular weight is 409 g/mol. The standard InChI is InChI=1S/C21H17BrN2O2/c22-18-13-7-8-14-19(18)23-20(25)15-24(17-11-5-2-6-12-17)21(26)16-9-3-1-4-10-16/h1-14H,15H2,(H,23,25). The summed E-state index contributed by atoms with van der Waals surface area (Å²) in [6.07, 6.45) is 0. The Labute approximate surface area is 160 Å². The van der Waals surface area contributed by atoms with Gasteiger partial charge in [0.15, 0.2) is 0 Å². The second kappa shape index (κ2) is 8.45. The van der Waals surface area contributed by atoms with Gasteiger partial charge < -0.3 is 5.32 Å². The van der Waals surface area contributed by atoms with Gasteiger partial charge >= 0.3 is 0 Å². The number of benzene rings is 3. The summed E-state index contributed by atoms with van der Waals surface area (Å²) >= 11 is 3.41. The van der Waals surface area contributed by atoms with Crippen LogP contribution < -0.4 is 10.2 Å². The number of hydrogen-bond donors (Lipinski definition) is 1. The lowest BCUT2D eigenvalue weighted by atomic mass is 10.1. The molecule has 0 spiro atoms. The zero-order valence-electron chi connectivity index (χ0n) is 13.9. The molecule has 3 rings (SSSR count). The first-order valence-corrected chi connectivity index (χ1v) is 8.91. The van der Waals surface area contributed by atoms with E-state index in [0.29, 0.717) is 16.9 Å². The van der Waals surface area contributed by atoms with Crippen molar-refractivity contribution >= 4 is 39.1 Å². The van der Waals surface area contributed by atoms with Gasteiger partial charge in [0.05, 0.1) is 5.69 Å². The van der Waals surface area contributed by atoms with Gasteiger partial charge in [0.2, 0.25) is 5.91 Å². The molecule has 2 amide bonds. The van der Waals surface area contributed by atoms with Crippen LogP contribution in [-0.4, -0.2) is 18.4 Å². The fourth-order valence-electron chi connectivity index (χ4n) is 2.52. The fraction of sp³-hybridized carbons (Fsp3) is 0.0476. The predicted molar refractivity (Wildman–Crippen MR) is 107 cm³/mol. The monoisotopic (exact) mass is 408 g/mol. The Hall–Kier alpha value is -2.92. The number of para-hydroxylation sites is 2. The van der Waals surface area contributed by atoms with Crippen LogP contribution in [0.4, 0.5) is 11.4 Å². The summed E-state index contributed by atoms with van der Waals surface area (Å²) in [6.45, 7) is -0.0843. The first kappa shape index (κ1) is 17.9.